The molecule has 0 fully saturated rings. The molecule has 3 heterocycles. The Bertz CT molecular complexity index is 842. The van der Waals surface area contributed by atoms with Crippen molar-refractivity contribution in [3.05, 3.63) is 60.8 Å². The first-order chi connectivity index (χ1) is 12.6. The van der Waals surface area contributed by atoms with Crippen LogP contribution in [0, 0.1) is 0 Å². The number of nitrogens with zero attached hydrogens (tertiary/aromatic N) is 5. The summed E-state index contributed by atoms with van der Waals surface area (Å²) >= 11 is 0. The SMILES string of the molecule is CC(C)c1nccn1CCCNC(=O)c1ccc(-c2cncnc2)nc1. The molecule has 0 saturated carbocycles. The van der Waals surface area contributed by atoms with Gasteiger partial charge in [-0.05, 0) is 18.6 Å². The lowest BCUT2D eigenvalue weighted by atomic mass is 10.2. The molecule has 0 spiro atoms. The lowest BCUT2D eigenvalue weighted by Crippen LogP contribution is -2.25. The van der Waals surface area contributed by atoms with Crippen molar-refractivity contribution >= 4 is 5.91 Å². The van der Waals surface area contributed by atoms with Gasteiger partial charge in [0, 0.05) is 55.6 Å². The summed E-state index contributed by atoms with van der Waals surface area (Å²) in [5.41, 5.74) is 2.10. The number of nitrogens with one attached hydrogen (secondary N) is 1. The van der Waals surface area contributed by atoms with E-state index in [0.29, 0.717) is 18.0 Å². The number of hydrogen-bond donors (Lipinski definition) is 1. The number of aromatic nitrogens is 5. The molecule has 0 bridgehead atoms. The number of rotatable bonds is 7. The maximum absolute atomic E-state index is 12.2. The summed E-state index contributed by atoms with van der Waals surface area (Å²) in [4.78, 5) is 28.9. The number of hydrogen-bond acceptors (Lipinski definition) is 5. The first-order valence-electron chi connectivity index (χ1n) is 8.66. The van der Waals surface area contributed by atoms with Crippen LogP contribution in [0.3, 0.4) is 0 Å². The van der Waals surface area contributed by atoms with Crippen molar-refractivity contribution < 1.29 is 4.79 Å². The minimum absolute atomic E-state index is 0.122. The standard InChI is InChI=1S/C19H22N6O/c1-14(2)18-22-7-9-25(18)8-3-6-23-19(26)15-4-5-17(24-12-15)16-10-20-13-21-11-16/h4-5,7,9-14H,3,6,8H2,1-2H3,(H,23,26). The van der Waals surface area contributed by atoms with Crippen LogP contribution in [0.5, 0.6) is 0 Å². The molecule has 3 aromatic heterocycles. The van der Waals surface area contributed by atoms with Gasteiger partial charge in [-0.15, -0.1) is 0 Å². The predicted molar refractivity (Wildman–Crippen MR) is 98.5 cm³/mol. The number of carbonyl (C=O) groups is 1. The monoisotopic (exact) mass is 350 g/mol. The molecule has 0 radical (unpaired) electrons. The van der Waals surface area contributed by atoms with E-state index >= 15 is 0 Å². The van der Waals surface area contributed by atoms with Gasteiger partial charge in [0.2, 0.25) is 0 Å². The molecular weight excluding hydrogens is 328 g/mol. The van der Waals surface area contributed by atoms with E-state index in [1.165, 1.54) is 6.33 Å². The molecule has 7 nitrogen and oxygen atoms in total. The maximum Gasteiger partial charge on any atom is 0.252 e. The third-order valence-electron chi connectivity index (χ3n) is 4.01. The number of carbonyl (C=O) groups excluding carboxylic acids is 1. The molecule has 0 aliphatic carbocycles. The molecular formula is C19H22N6O. The van der Waals surface area contributed by atoms with Crippen molar-refractivity contribution in [2.24, 2.45) is 0 Å². The second kappa shape index (κ2) is 8.33. The van der Waals surface area contributed by atoms with Crippen LogP contribution < -0.4 is 5.32 Å². The lowest BCUT2D eigenvalue weighted by Gasteiger charge is -2.10. The maximum atomic E-state index is 12.2. The fourth-order valence-corrected chi connectivity index (χ4v) is 2.69. The Morgan fingerprint density at radius 2 is 1.96 bits per heavy atom. The van der Waals surface area contributed by atoms with E-state index in [1.807, 2.05) is 12.4 Å². The summed E-state index contributed by atoms with van der Waals surface area (Å²) in [6, 6.07) is 3.56. The summed E-state index contributed by atoms with van der Waals surface area (Å²) in [7, 11) is 0. The second-order valence-electron chi connectivity index (χ2n) is 6.30. The Balaban J connectivity index is 1.50. The zero-order valence-corrected chi connectivity index (χ0v) is 15.0. The lowest BCUT2D eigenvalue weighted by molar-refractivity contribution is 0.0952. The highest BCUT2D eigenvalue weighted by atomic mass is 16.1. The molecule has 0 aliphatic heterocycles. The van der Waals surface area contributed by atoms with Crippen LogP contribution in [-0.2, 0) is 6.54 Å². The highest BCUT2D eigenvalue weighted by Crippen LogP contribution is 2.14. The molecule has 134 valence electrons. The number of pyridine rings is 1. The molecule has 1 N–H and O–H groups in total. The third-order valence-corrected chi connectivity index (χ3v) is 4.01. The predicted octanol–water partition coefficient (Wildman–Crippen LogP) is 2.68. The molecule has 0 atom stereocenters. The van der Waals surface area contributed by atoms with E-state index in [0.717, 1.165) is 30.0 Å². The largest absolute Gasteiger partial charge is 0.352 e. The van der Waals surface area contributed by atoms with Crippen LogP contribution in [-0.4, -0.2) is 37.0 Å². The van der Waals surface area contributed by atoms with Gasteiger partial charge in [-0.1, -0.05) is 13.8 Å². The first-order valence-corrected chi connectivity index (χ1v) is 8.66. The number of aryl methyl sites for hydroxylation is 1. The van der Waals surface area contributed by atoms with E-state index in [4.69, 9.17) is 0 Å². The molecule has 0 aliphatic rings. The van der Waals surface area contributed by atoms with E-state index in [1.54, 1.807) is 30.7 Å². The highest BCUT2D eigenvalue weighted by molar-refractivity contribution is 5.94. The average molecular weight is 350 g/mol. The molecule has 1 amide bonds. The summed E-state index contributed by atoms with van der Waals surface area (Å²) in [6.45, 7) is 5.68. The minimum atomic E-state index is -0.122. The molecule has 0 unspecified atom stereocenters. The Morgan fingerprint density at radius 1 is 1.15 bits per heavy atom. The van der Waals surface area contributed by atoms with Crippen molar-refractivity contribution in [3.8, 4) is 11.3 Å². The van der Waals surface area contributed by atoms with Crippen LogP contribution in [0.15, 0.2) is 49.4 Å². The van der Waals surface area contributed by atoms with Gasteiger partial charge in [-0.2, -0.15) is 0 Å². The van der Waals surface area contributed by atoms with Gasteiger partial charge in [0.15, 0.2) is 0 Å². The van der Waals surface area contributed by atoms with Crippen molar-refractivity contribution in [2.45, 2.75) is 32.7 Å². The molecule has 3 aromatic rings. The number of imidazole rings is 1. The zero-order chi connectivity index (χ0) is 18.4. The Labute approximate surface area is 152 Å². The van der Waals surface area contributed by atoms with Gasteiger partial charge < -0.3 is 9.88 Å². The van der Waals surface area contributed by atoms with Gasteiger partial charge in [0.05, 0.1) is 11.3 Å². The van der Waals surface area contributed by atoms with Gasteiger partial charge in [0.25, 0.3) is 5.91 Å². The van der Waals surface area contributed by atoms with Crippen molar-refractivity contribution in [3.63, 3.8) is 0 Å². The van der Waals surface area contributed by atoms with E-state index < -0.39 is 0 Å². The fraction of sp³-hybridized carbons (Fsp3) is 0.316. The smallest absolute Gasteiger partial charge is 0.252 e. The van der Waals surface area contributed by atoms with Gasteiger partial charge in [-0.25, -0.2) is 15.0 Å². The van der Waals surface area contributed by atoms with Crippen molar-refractivity contribution in [2.75, 3.05) is 6.54 Å². The Hall–Kier alpha value is -3.09. The normalized spacial score (nSPS) is 10.9. The highest BCUT2D eigenvalue weighted by Gasteiger charge is 2.08. The van der Waals surface area contributed by atoms with E-state index in [2.05, 4.69) is 43.7 Å². The summed E-state index contributed by atoms with van der Waals surface area (Å²) in [5, 5.41) is 2.93. The molecule has 0 aromatic carbocycles. The summed E-state index contributed by atoms with van der Waals surface area (Å²) in [6.07, 6.45) is 11.1. The molecule has 3 rings (SSSR count). The number of amides is 1. The Morgan fingerprint density at radius 3 is 2.65 bits per heavy atom. The summed E-state index contributed by atoms with van der Waals surface area (Å²) < 4.78 is 2.13. The quantitative estimate of drug-likeness (QED) is 0.662. The van der Waals surface area contributed by atoms with E-state index in [-0.39, 0.29) is 5.91 Å². The van der Waals surface area contributed by atoms with Crippen LogP contribution in [0.25, 0.3) is 11.3 Å². The topological polar surface area (TPSA) is 85.6 Å². The average Bonchev–Trinajstić information content (AvgIpc) is 3.15. The summed E-state index contributed by atoms with van der Waals surface area (Å²) in [5.74, 6) is 1.34. The molecule has 0 saturated heterocycles. The molecule has 7 heteroatoms. The first kappa shape index (κ1) is 17.7. The second-order valence-corrected chi connectivity index (χ2v) is 6.30. The fourth-order valence-electron chi connectivity index (χ4n) is 2.69. The third kappa shape index (κ3) is 4.30. The van der Waals surface area contributed by atoms with Crippen LogP contribution >= 0.6 is 0 Å². The van der Waals surface area contributed by atoms with Crippen LogP contribution in [0.4, 0.5) is 0 Å². The van der Waals surface area contributed by atoms with Gasteiger partial charge >= 0.3 is 0 Å². The van der Waals surface area contributed by atoms with E-state index in [9.17, 15) is 4.79 Å². The zero-order valence-electron chi connectivity index (χ0n) is 15.0. The van der Waals surface area contributed by atoms with Crippen LogP contribution in [0.2, 0.25) is 0 Å². The molecule has 26 heavy (non-hydrogen) atoms. The van der Waals surface area contributed by atoms with Crippen LogP contribution in [0.1, 0.15) is 42.4 Å². The van der Waals surface area contributed by atoms with Crippen molar-refractivity contribution in [1.29, 1.82) is 0 Å². The van der Waals surface area contributed by atoms with Gasteiger partial charge in [-0.3, -0.25) is 9.78 Å². The Kier molecular flexibility index (Phi) is 5.68. The van der Waals surface area contributed by atoms with Crippen molar-refractivity contribution in [1.82, 2.24) is 29.8 Å². The minimum Gasteiger partial charge on any atom is -0.352 e. The van der Waals surface area contributed by atoms with Gasteiger partial charge in [0.1, 0.15) is 12.2 Å².